The fourth-order valence-corrected chi connectivity index (χ4v) is 3.01. The SMILES string of the molecule is CCN(Cc1cccc(C)n1)C1(CN)CC(OC)C1. The van der Waals surface area contributed by atoms with Gasteiger partial charge in [0.15, 0.2) is 0 Å². The molecule has 1 heterocycles. The molecule has 19 heavy (non-hydrogen) atoms. The quantitative estimate of drug-likeness (QED) is 0.849. The van der Waals surface area contributed by atoms with E-state index >= 15 is 0 Å². The van der Waals surface area contributed by atoms with Crippen molar-refractivity contribution < 1.29 is 4.74 Å². The van der Waals surface area contributed by atoms with Gasteiger partial charge in [0.05, 0.1) is 11.8 Å². The number of hydrogen-bond acceptors (Lipinski definition) is 4. The van der Waals surface area contributed by atoms with E-state index in [0.717, 1.165) is 37.3 Å². The molecule has 2 N–H and O–H groups in total. The van der Waals surface area contributed by atoms with Crippen LogP contribution in [0, 0.1) is 6.92 Å². The minimum absolute atomic E-state index is 0.0981. The molecule has 106 valence electrons. The van der Waals surface area contributed by atoms with Crippen molar-refractivity contribution >= 4 is 0 Å². The second-order valence-corrected chi connectivity index (χ2v) is 5.48. The van der Waals surface area contributed by atoms with Crippen LogP contribution in [0.4, 0.5) is 0 Å². The highest BCUT2D eigenvalue weighted by Crippen LogP contribution is 2.39. The van der Waals surface area contributed by atoms with Crippen LogP contribution >= 0.6 is 0 Å². The van der Waals surface area contributed by atoms with Gasteiger partial charge in [-0.25, -0.2) is 0 Å². The van der Waals surface area contributed by atoms with Gasteiger partial charge in [-0.3, -0.25) is 9.88 Å². The van der Waals surface area contributed by atoms with Gasteiger partial charge in [-0.05, 0) is 38.4 Å². The number of likely N-dealkylation sites (N-methyl/N-ethyl adjacent to an activating group) is 1. The van der Waals surface area contributed by atoms with Crippen molar-refractivity contribution in [3.8, 4) is 0 Å². The van der Waals surface area contributed by atoms with E-state index in [2.05, 4.69) is 28.9 Å². The van der Waals surface area contributed by atoms with Gasteiger partial charge in [0.2, 0.25) is 0 Å². The van der Waals surface area contributed by atoms with E-state index in [1.165, 1.54) is 0 Å². The molecule has 1 aromatic rings. The summed E-state index contributed by atoms with van der Waals surface area (Å²) in [6, 6.07) is 6.19. The summed E-state index contributed by atoms with van der Waals surface area (Å²) in [6.45, 7) is 6.76. The van der Waals surface area contributed by atoms with Crippen molar-refractivity contribution in [1.82, 2.24) is 9.88 Å². The minimum Gasteiger partial charge on any atom is -0.381 e. The number of pyridine rings is 1. The standard InChI is InChI=1S/C15H25N3O/c1-4-18(10-13-7-5-6-12(2)17-13)15(11-16)8-14(9-15)19-3/h5-7,14H,4,8-11,16H2,1-3H3. The van der Waals surface area contributed by atoms with Crippen molar-refractivity contribution in [3.63, 3.8) is 0 Å². The number of aromatic nitrogens is 1. The fraction of sp³-hybridized carbons (Fsp3) is 0.667. The first kappa shape index (κ1) is 14.4. The van der Waals surface area contributed by atoms with E-state index in [-0.39, 0.29) is 5.54 Å². The molecular weight excluding hydrogens is 238 g/mol. The highest BCUT2D eigenvalue weighted by Gasteiger charge is 2.47. The van der Waals surface area contributed by atoms with Crippen LogP contribution in [0.15, 0.2) is 18.2 Å². The van der Waals surface area contributed by atoms with Crippen LogP contribution in [0.2, 0.25) is 0 Å². The third-order valence-electron chi connectivity index (χ3n) is 4.28. The van der Waals surface area contributed by atoms with Gasteiger partial charge in [0.25, 0.3) is 0 Å². The average molecular weight is 263 g/mol. The molecule has 0 saturated heterocycles. The lowest BCUT2D eigenvalue weighted by Gasteiger charge is -2.53. The maximum atomic E-state index is 6.03. The Labute approximate surface area is 116 Å². The van der Waals surface area contributed by atoms with Gasteiger partial charge in [-0.2, -0.15) is 0 Å². The third-order valence-corrected chi connectivity index (χ3v) is 4.28. The number of nitrogens with zero attached hydrogens (tertiary/aromatic N) is 2. The second kappa shape index (κ2) is 5.99. The fourth-order valence-electron chi connectivity index (χ4n) is 3.01. The Kier molecular flexibility index (Phi) is 4.55. The summed E-state index contributed by atoms with van der Waals surface area (Å²) in [4.78, 5) is 7.04. The van der Waals surface area contributed by atoms with Gasteiger partial charge >= 0.3 is 0 Å². The lowest BCUT2D eigenvalue weighted by atomic mass is 9.72. The Morgan fingerprint density at radius 3 is 2.74 bits per heavy atom. The molecule has 1 aliphatic carbocycles. The molecule has 0 unspecified atom stereocenters. The summed E-state index contributed by atoms with van der Waals surface area (Å²) in [7, 11) is 1.78. The molecule has 0 aliphatic heterocycles. The molecule has 1 fully saturated rings. The van der Waals surface area contributed by atoms with Gasteiger partial charge in [0.1, 0.15) is 0 Å². The molecule has 2 rings (SSSR count). The van der Waals surface area contributed by atoms with E-state index < -0.39 is 0 Å². The zero-order chi connectivity index (χ0) is 13.9. The molecule has 0 amide bonds. The van der Waals surface area contributed by atoms with Crippen LogP contribution in [0.25, 0.3) is 0 Å². The Hall–Kier alpha value is -0.970. The normalized spacial score (nSPS) is 26.5. The van der Waals surface area contributed by atoms with Crippen LogP contribution in [-0.4, -0.2) is 41.7 Å². The van der Waals surface area contributed by atoms with Gasteiger partial charge < -0.3 is 10.5 Å². The monoisotopic (exact) mass is 263 g/mol. The number of ether oxygens (including phenoxy) is 1. The summed E-state index contributed by atoms with van der Waals surface area (Å²) in [6.07, 6.45) is 2.42. The smallest absolute Gasteiger partial charge is 0.0607 e. The number of hydrogen-bond donors (Lipinski definition) is 1. The summed E-state index contributed by atoms with van der Waals surface area (Å²) in [5.41, 5.74) is 8.32. The molecule has 0 bridgehead atoms. The van der Waals surface area contributed by atoms with Crippen LogP contribution in [-0.2, 0) is 11.3 Å². The van der Waals surface area contributed by atoms with E-state index in [0.29, 0.717) is 12.6 Å². The molecule has 1 aromatic heterocycles. The second-order valence-electron chi connectivity index (χ2n) is 5.48. The molecule has 4 heteroatoms. The average Bonchev–Trinajstić information content (AvgIpc) is 2.37. The van der Waals surface area contributed by atoms with E-state index in [1.807, 2.05) is 13.0 Å². The first-order valence-corrected chi connectivity index (χ1v) is 7.04. The van der Waals surface area contributed by atoms with Crippen LogP contribution < -0.4 is 5.73 Å². The topological polar surface area (TPSA) is 51.4 Å². The highest BCUT2D eigenvalue weighted by molar-refractivity contribution is 5.12. The molecule has 0 radical (unpaired) electrons. The van der Waals surface area contributed by atoms with E-state index in [9.17, 15) is 0 Å². The third kappa shape index (κ3) is 2.96. The zero-order valence-corrected chi connectivity index (χ0v) is 12.2. The molecular formula is C15H25N3O. The van der Waals surface area contributed by atoms with Crippen LogP contribution in [0.5, 0.6) is 0 Å². The predicted molar refractivity (Wildman–Crippen MR) is 76.9 cm³/mol. The predicted octanol–water partition coefficient (Wildman–Crippen LogP) is 1.72. The molecule has 0 spiro atoms. The highest BCUT2D eigenvalue weighted by atomic mass is 16.5. The molecule has 4 nitrogen and oxygen atoms in total. The maximum Gasteiger partial charge on any atom is 0.0607 e. The number of nitrogens with two attached hydrogens (primary N) is 1. The number of rotatable bonds is 6. The zero-order valence-electron chi connectivity index (χ0n) is 12.2. The minimum atomic E-state index is 0.0981. The summed E-state index contributed by atoms with van der Waals surface area (Å²) in [5, 5.41) is 0. The lowest BCUT2D eigenvalue weighted by Crippen LogP contribution is -2.63. The van der Waals surface area contributed by atoms with Gasteiger partial charge in [0, 0.05) is 31.4 Å². The number of methoxy groups -OCH3 is 1. The number of aryl methyl sites for hydroxylation is 1. The molecule has 0 aromatic carbocycles. The maximum absolute atomic E-state index is 6.03. The Bertz CT molecular complexity index is 416. The van der Waals surface area contributed by atoms with E-state index in [1.54, 1.807) is 7.11 Å². The Balaban J connectivity index is 2.07. The van der Waals surface area contributed by atoms with Crippen molar-refractivity contribution in [2.45, 2.75) is 44.9 Å². The first-order valence-electron chi connectivity index (χ1n) is 7.04. The van der Waals surface area contributed by atoms with Gasteiger partial charge in [-0.15, -0.1) is 0 Å². The molecule has 1 saturated carbocycles. The van der Waals surface area contributed by atoms with Crippen molar-refractivity contribution in [3.05, 3.63) is 29.6 Å². The lowest BCUT2D eigenvalue weighted by molar-refractivity contribution is -0.0893. The van der Waals surface area contributed by atoms with Crippen LogP contribution in [0.1, 0.15) is 31.2 Å². The van der Waals surface area contributed by atoms with Crippen molar-refractivity contribution in [1.29, 1.82) is 0 Å². The van der Waals surface area contributed by atoms with Crippen molar-refractivity contribution in [2.75, 3.05) is 20.2 Å². The largest absolute Gasteiger partial charge is 0.381 e. The summed E-state index contributed by atoms with van der Waals surface area (Å²) < 4.78 is 5.41. The summed E-state index contributed by atoms with van der Waals surface area (Å²) >= 11 is 0. The Morgan fingerprint density at radius 1 is 1.47 bits per heavy atom. The van der Waals surface area contributed by atoms with Gasteiger partial charge in [-0.1, -0.05) is 13.0 Å². The van der Waals surface area contributed by atoms with E-state index in [4.69, 9.17) is 10.5 Å². The Morgan fingerprint density at radius 2 is 2.21 bits per heavy atom. The molecule has 0 atom stereocenters. The summed E-state index contributed by atoms with van der Waals surface area (Å²) in [5.74, 6) is 0. The van der Waals surface area contributed by atoms with Crippen LogP contribution in [0.3, 0.4) is 0 Å². The molecule has 1 aliphatic rings. The van der Waals surface area contributed by atoms with Crippen molar-refractivity contribution in [2.24, 2.45) is 5.73 Å². The first-order chi connectivity index (χ1) is 9.13.